The van der Waals surface area contributed by atoms with E-state index >= 15 is 0 Å². The molecule has 2 heteroatoms. The fourth-order valence-corrected chi connectivity index (χ4v) is 5.71. The van der Waals surface area contributed by atoms with Gasteiger partial charge >= 0.3 is 0 Å². The molecule has 4 atom stereocenters. The average molecular weight is 210 g/mol. The van der Waals surface area contributed by atoms with E-state index in [9.17, 15) is 4.79 Å². The van der Waals surface area contributed by atoms with Gasteiger partial charge in [0.1, 0.15) is 5.78 Å². The zero-order chi connectivity index (χ0) is 9.54. The third-order valence-electron chi connectivity index (χ3n) is 4.25. The molecule has 1 saturated heterocycles. The highest BCUT2D eigenvalue weighted by molar-refractivity contribution is 8.00. The van der Waals surface area contributed by atoms with E-state index in [1.165, 1.54) is 32.1 Å². The number of fused-ring (bicyclic) bond motifs is 3. The summed E-state index contributed by atoms with van der Waals surface area (Å²) in [4.78, 5) is 11.9. The summed E-state index contributed by atoms with van der Waals surface area (Å²) in [7, 11) is 0. The zero-order valence-electron chi connectivity index (χ0n) is 8.58. The molecule has 14 heavy (non-hydrogen) atoms. The molecule has 78 valence electrons. The van der Waals surface area contributed by atoms with Crippen molar-refractivity contribution in [3.63, 3.8) is 0 Å². The Labute approximate surface area is 90.0 Å². The lowest BCUT2D eigenvalue weighted by atomic mass is 9.73. The molecule has 0 aromatic carbocycles. The van der Waals surface area contributed by atoms with Crippen molar-refractivity contribution in [3.8, 4) is 0 Å². The van der Waals surface area contributed by atoms with E-state index in [0.717, 1.165) is 24.0 Å². The van der Waals surface area contributed by atoms with Crippen LogP contribution in [0.5, 0.6) is 0 Å². The largest absolute Gasteiger partial charge is 0.299 e. The van der Waals surface area contributed by atoms with Crippen LogP contribution in [0, 0.1) is 11.8 Å². The Bertz CT molecular complexity index is 251. The zero-order valence-corrected chi connectivity index (χ0v) is 9.39. The van der Waals surface area contributed by atoms with Gasteiger partial charge in [0.2, 0.25) is 0 Å². The van der Waals surface area contributed by atoms with Crippen LogP contribution >= 0.6 is 11.8 Å². The van der Waals surface area contributed by atoms with Crippen LogP contribution in [0.3, 0.4) is 0 Å². The maximum Gasteiger partial charge on any atom is 0.137 e. The topological polar surface area (TPSA) is 17.1 Å². The van der Waals surface area contributed by atoms with Crippen molar-refractivity contribution in [3.05, 3.63) is 0 Å². The number of thioether (sulfide) groups is 1. The molecule has 0 N–H and O–H groups in total. The third-order valence-corrected chi connectivity index (χ3v) is 6.06. The minimum Gasteiger partial charge on any atom is -0.299 e. The Balaban J connectivity index is 1.83. The summed E-state index contributed by atoms with van der Waals surface area (Å²) in [6, 6.07) is 0. The Hall–Kier alpha value is 0.0200. The van der Waals surface area contributed by atoms with E-state index in [4.69, 9.17) is 0 Å². The van der Waals surface area contributed by atoms with Gasteiger partial charge in [0, 0.05) is 22.8 Å². The fourth-order valence-electron chi connectivity index (χ4n) is 3.63. The normalized spacial score (nSPS) is 47.3. The second-order valence-electron chi connectivity index (χ2n) is 5.05. The van der Waals surface area contributed by atoms with E-state index in [1.54, 1.807) is 0 Å². The molecule has 0 bridgehead atoms. The second-order valence-corrected chi connectivity index (χ2v) is 6.53. The van der Waals surface area contributed by atoms with Gasteiger partial charge in [-0.25, -0.2) is 0 Å². The summed E-state index contributed by atoms with van der Waals surface area (Å²) in [6.45, 7) is 0. The van der Waals surface area contributed by atoms with Gasteiger partial charge < -0.3 is 0 Å². The lowest BCUT2D eigenvalue weighted by Gasteiger charge is -2.30. The molecule has 0 radical (unpaired) electrons. The van der Waals surface area contributed by atoms with Crippen LogP contribution < -0.4 is 0 Å². The number of carbonyl (C=O) groups excluding carboxylic acids is 1. The molecule has 0 amide bonds. The predicted octanol–water partition coefficient (Wildman–Crippen LogP) is 3.03. The first-order chi connectivity index (χ1) is 6.86. The van der Waals surface area contributed by atoms with Gasteiger partial charge in [0.25, 0.3) is 0 Å². The number of hydrogen-bond acceptors (Lipinski definition) is 2. The summed E-state index contributed by atoms with van der Waals surface area (Å²) in [5, 5.41) is 1.56. The van der Waals surface area contributed by atoms with Crippen molar-refractivity contribution >= 4 is 17.5 Å². The van der Waals surface area contributed by atoms with Crippen molar-refractivity contribution in [2.75, 3.05) is 0 Å². The van der Waals surface area contributed by atoms with E-state index < -0.39 is 0 Å². The summed E-state index contributed by atoms with van der Waals surface area (Å²) in [6.07, 6.45) is 8.85. The minimum absolute atomic E-state index is 0.471. The Kier molecular flexibility index (Phi) is 2.35. The van der Waals surface area contributed by atoms with Gasteiger partial charge in [-0.1, -0.05) is 12.8 Å². The molecule has 4 unspecified atom stereocenters. The molecule has 1 nitrogen and oxygen atoms in total. The predicted molar refractivity (Wildman–Crippen MR) is 59.5 cm³/mol. The van der Waals surface area contributed by atoms with Gasteiger partial charge in [-0.15, -0.1) is 0 Å². The van der Waals surface area contributed by atoms with Gasteiger partial charge in [-0.05, 0) is 31.6 Å². The summed E-state index contributed by atoms with van der Waals surface area (Å²) in [5.74, 6) is 1.84. The quantitative estimate of drug-likeness (QED) is 0.611. The monoisotopic (exact) mass is 210 g/mol. The van der Waals surface area contributed by atoms with Gasteiger partial charge in [0.05, 0.1) is 0 Å². The lowest BCUT2D eigenvalue weighted by Crippen LogP contribution is -2.33. The van der Waals surface area contributed by atoms with Gasteiger partial charge in [0.15, 0.2) is 0 Å². The molecule has 3 fully saturated rings. The first kappa shape index (κ1) is 9.26. The van der Waals surface area contributed by atoms with Crippen LogP contribution in [0.15, 0.2) is 0 Å². The maximum absolute atomic E-state index is 11.9. The number of hydrogen-bond donors (Lipinski definition) is 0. The average Bonchev–Trinajstić information content (AvgIpc) is 2.57. The Morgan fingerprint density at radius 2 is 1.79 bits per heavy atom. The first-order valence-electron chi connectivity index (χ1n) is 6.04. The number of rotatable bonds is 0. The highest BCUT2D eigenvalue weighted by Crippen LogP contribution is 2.53. The SMILES string of the molecule is O=C1CCCC2SC3CCCCC3C12. The smallest absolute Gasteiger partial charge is 0.137 e. The summed E-state index contributed by atoms with van der Waals surface area (Å²) in [5.41, 5.74) is 0. The third kappa shape index (κ3) is 1.34. The lowest BCUT2D eigenvalue weighted by molar-refractivity contribution is -0.125. The highest BCUT2D eigenvalue weighted by Gasteiger charge is 2.48. The van der Waals surface area contributed by atoms with Crippen molar-refractivity contribution < 1.29 is 4.79 Å². The van der Waals surface area contributed by atoms with Crippen LogP contribution in [0.25, 0.3) is 0 Å². The van der Waals surface area contributed by atoms with E-state index in [-0.39, 0.29) is 0 Å². The van der Waals surface area contributed by atoms with E-state index in [0.29, 0.717) is 17.0 Å². The van der Waals surface area contributed by atoms with Crippen LogP contribution in [-0.4, -0.2) is 16.3 Å². The molecule has 0 aromatic rings. The van der Waals surface area contributed by atoms with Crippen molar-refractivity contribution in [2.24, 2.45) is 11.8 Å². The van der Waals surface area contributed by atoms with Crippen molar-refractivity contribution in [2.45, 2.75) is 55.4 Å². The standard InChI is InChI=1S/C12H18OS/c13-9-5-3-7-11-12(9)8-4-1-2-6-10(8)14-11/h8,10-12H,1-7H2. The Morgan fingerprint density at radius 3 is 2.71 bits per heavy atom. The molecule has 0 aromatic heterocycles. The van der Waals surface area contributed by atoms with Gasteiger partial charge in [-0.2, -0.15) is 11.8 Å². The van der Waals surface area contributed by atoms with Crippen molar-refractivity contribution in [1.29, 1.82) is 0 Å². The number of carbonyl (C=O) groups is 1. The van der Waals surface area contributed by atoms with Gasteiger partial charge in [-0.3, -0.25) is 4.79 Å². The molecule has 1 heterocycles. The maximum atomic E-state index is 11.9. The summed E-state index contributed by atoms with van der Waals surface area (Å²) >= 11 is 2.16. The van der Waals surface area contributed by atoms with E-state index in [2.05, 4.69) is 11.8 Å². The highest BCUT2D eigenvalue weighted by atomic mass is 32.2. The molecule has 3 aliphatic rings. The second kappa shape index (κ2) is 3.55. The van der Waals surface area contributed by atoms with Crippen LogP contribution in [0.2, 0.25) is 0 Å². The molecule has 2 aliphatic carbocycles. The Morgan fingerprint density at radius 1 is 1.00 bits per heavy atom. The molecule has 3 rings (SSSR count). The molecular formula is C12H18OS. The summed E-state index contributed by atoms with van der Waals surface area (Å²) < 4.78 is 0. The molecular weight excluding hydrogens is 192 g/mol. The van der Waals surface area contributed by atoms with E-state index in [1.807, 2.05) is 0 Å². The minimum atomic E-state index is 0.471. The van der Waals surface area contributed by atoms with Crippen LogP contribution in [0.4, 0.5) is 0 Å². The van der Waals surface area contributed by atoms with Crippen LogP contribution in [0.1, 0.15) is 44.9 Å². The van der Waals surface area contributed by atoms with Crippen molar-refractivity contribution in [1.82, 2.24) is 0 Å². The molecule has 1 aliphatic heterocycles. The number of Topliss-reactive ketones (excluding diaryl/α,β-unsaturated/α-hetero) is 1. The molecule has 0 spiro atoms. The first-order valence-corrected chi connectivity index (χ1v) is 6.99. The number of ketones is 1. The van der Waals surface area contributed by atoms with Crippen LogP contribution in [-0.2, 0) is 4.79 Å². The fraction of sp³-hybridized carbons (Fsp3) is 0.917. The molecule has 2 saturated carbocycles.